The average molecular weight is 299 g/mol. The molecule has 1 aromatic rings. The fraction of sp³-hybridized carbons (Fsp3) is 0.714. The van der Waals surface area contributed by atoms with Gasteiger partial charge in [0.15, 0.2) is 0 Å². The summed E-state index contributed by atoms with van der Waals surface area (Å²) < 4.78 is 6.84. The molecule has 0 radical (unpaired) electrons. The Balaban J connectivity index is 2.85. The Morgan fingerprint density at radius 1 is 1.55 bits per heavy atom. The van der Waals surface area contributed by atoms with Crippen molar-refractivity contribution in [3.63, 3.8) is 0 Å². The first-order valence-electron chi connectivity index (χ1n) is 6.92. The van der Waals surface area contributed by atoms with E-state index in [1.165, 1.54) is 0 Å². The van der Waals surface area contributed by atoms with E-state index < -0.39 is 0 Å². The van der Waals surface area contributed by atoms with Gasteiger partial charge in [-0.15, -0.1) is 0 Å². The van der Waals surface area contributed by atoms with Gasteiger partial charge in [-0.25, -0.2) is 4.79 Å². The summed E-state index contributed by atoms with van der Waals surface area (Å²) in [5.74, 6) is 0.793. The highest BCUT2D eigenvalue weighted by Crippen LogP contribution is 2.16. The van der Waals surface area contributed by atoms with Crippen molar-refractivity contribution in [2.24, 2.45) is 7.05 Å². The molecule has 0 saturated heterocycles. The summed E-state index contributed by atoms with van der Waals surface area (Å²) >= 11 is 1.84. The fourth-order valence-corrected chi connectivity index (χ4v) is 3.02. The second-order valence-electron chi connectivity index (χ2n) is 4.78. The van der Waals surface area contributed by atoms with Crippen molar-refractivity contribution in [1.29, 1.82) is 0 Å². The highest BCUT2D eigenvalue weighted by atomic mass is 32.2. The summed E-state index contributed by atoms with van der Waals surface area (Å²) in [4.78, 5) is 14.2. The minimum Gasteiger partial charge on any atom is -0.462 e. The Bertz CT molecular complexity index is 434. The number of carbonyl (C=O) groups is 1. The van der Waals surface area contributed by atoms with Crippen LogP contribution in [-0.4, -0.2) is 52.4 Å². The van der Waals surface area contributed by atoms with Gasteiger partial charge >= 0.3 is 5.97 Å². The molecule has 6 heteroatoms. The summed E-state index contributed by atoms with van der Waals surface area (Å²) in [5.41, 5.74) is 1.48. The lowest BCUT2D eigenvalue weighted by Crippen LogP contribution is -2.33. The third-order valence-electron chi connectivity index (χ3n) is 3.41. The van der Waals surface area contributed by atoms with Crippen LogP contribution in [0.5, 0.6) is 0 Å². The van der Waals surface area contributed by atoms with Crippen LogP contribution in [0.25, 0.3) is 0 Å². The van der Waals surface area contributed by atoms with E-state index in [1.54, 1.807) is 10.9 Å². The highest BCUT2D eigenvalue weighted by Gasteiger charge is 2.20. The normalized spacial score (nSPS) is 12.7. The maximum atomic E-state index is 11.9. The van der Waals surface area contributed by atoms with Gasteiger partial charge in [-0.3, -0.25) is 9.58 Å². The second kappa shape index (κ2) is 8.32. The number of aromatic nitrogens is 2. The van der Waals surface area contributed by atoms with Crippen molar-refractivity contribution in [1.82, 2.24) is 14.7 Å². The predicted octanol–water partition coefficient (Wildman–Crippen LogP) is 2.17. The number of thioether (sulfide) groups is 1. The minimum atomic E-state index is -0.290. The molecule has 1 unspecified atom stereocenters. The van der Waals surface area contributed by atoms with Crippen LogP contribution in [0.4, 0.5) is 0 Å². The van der Waals surface area contributed by atoms with Gasteiger partial charge < -0.3 is 4.74 Å². The van der Waals surface area contributed by atoms with Crippen molar-refractivity contribution in [3.05, 3.63) is 17.5 Å². The van der Waals surface area contributed by atoms with Gasteiger partial charge in [0.25, 0.3) is 0 Å². The Morgan fingerprint density at radius 2 is 2.25 bits per heavy atom. The zero-order chi connectivity index (χ0) is 15.1. The molecule has 0 bridgehead atoms. The lowest BCUT2D eigenvalue weighted by molar-refractivity contribution is 0.0523. The maximum Gasteiger partial charge on any atom is 0.341 e. The van der Waals surface area contributed by atoms with Crippen LogP contribution in [0, 0.1) is 0 Å². The molecule has 0 amide bonds. The van der Waals surface area contributed by atoms with Crippen molar-refractivity contribution in [3.8, 4) is 0 Å². The fourth-order valence-electron chi connectivity index (χ4n) is 2.14. The molecule has 0 aliphatic rings. The van der Waals surface area contributed by atoms with E-state index in [2.05, 4.69) is 30.2 Å². The predicted molar refractivity (Wildman–Crippen MR) is 83.1 cm³/mol. The second-order valence-corrected chi connectivity index (χ2v) is 5.69. The first kappa shape index (κ1) is 17.0. The van der Waals surface area contributed by atoms with E-state index >= 15 is 0 Å². The number of ether oxygens (including phenoxy) is 1. The summed E-state index contributed by atoms with van der Waals surface area (Å²) in [6, 6.07) is 0.495. The molecule has 0 spiro atoms. The topological polar surface area (TPSA) is 47.4 Å². The first-order valence-corrected chi connectivity index (χ1v) is 8.31. The van der Waals surface area contributed by atoms with Gasteiger partial charge in [-0.1, -0.05) is 6.92 Å². The molecular weight excluding hydrogens is 274 g/mol. The molecule has 114 valence electrons. The number of carbonyl (C=O) groups excluding carboxylic acids is 1. The molecule has 0 N–H and O–H groups in total. The maximum absolute atomic E-state index is 11.9. The first-order chi connectivity index (χ1) is 9.54. The van der Waals surface area contributed by atoms with Crippen molar-refractivity contribution in [2.75, 3.05) is 25.7 Å². The summed E-state index contributed by atoms with van der Waals surface area (Å²) in [7, 11) is 3.95. The molecule has 0 aliphatic carbocycles. The van der Waals surface area contributed by atoms with Crippen LogP contribution in [0.2, 0.25) is 0 Å². The number of aryl methyl sites for hydroxylation is 1. The quantitative estimate of drug-likeness (QED) is 0.689. The van der Waals surface area contributed by atoms with Gasteiger partial charge in [-0.05, 0) is 26.6 Å². The van der Waals surface area contributed by atoms with Crippen molar-refractivity contribution in [2.45, 2.75) is 32.9 Å². The Hall–Kier alpha value is -1.01. The number of esters is 1. The van der Waals surface area contributed by atoms with Crippen LogP contribution in [0.15, 0.2) is 6.20 Å². The molecule has 0 aliphatic heterocycles. The number of hydrogen-bond donors (Lipinski definition) is 0. The van der Waals surface area contributed by atoms with Gasteiger partial charge in [0.2, 0.25) is 0 Å². The molecule has 0 aromatic carbocycles. The molecule has 0 saturated carbocycles. The minimum absolute atomic E-state index is 0.290. The average Bonchev–Trinajstić information content (AvgIpc) is 2.77. The number of rotatable bonds is 8. The van der Waals surface area contributed by atoms with Crippen molar-refractivity contribution < 1.29 is 9.53 Å². The zero-order valence-electron chi connectivity index (χ0n) is 13.0. The van der Waals surface area contributed by atoms with Gasteiger partial charge in [0.05, 0.1) is 18.5 Å². The van der Waals surface area contributed by atoms with E-state index in [4.69, 9.17) is 4.74 Å². The zero-order valence-corrected chi connectivity index (χ0v) is 13.9. The van der Waals surface area contributed by atoms with Crippen molar-refractivity contribution >= 4 is 17.7 Å². The molecule has 1 atom stereocenters. The largest absolute Gasteiger partial charge is 0.462 e. The van der Waals surface area contributed by atoms with E-state index in [0.717, 1.165) is 17.9 Å². The number of hydrogen-bond acceptors (Lipinski definition) is 5. The Morgan fingerprint density at radius 3 is 2.80 bits per heavy atom. The van der Waals surface area contributed by atoms with Gasteiger partial charge in [-0.2, -0.15) is 16.9 Å². The SMILES string of the molecule is CCOC(=O)c1cnn(C)c1CN(C)C(CC)CSC. The Kier molecular flexibility index (Phi) is 7.09. The van der Waals surface area contributed by atoms with Gasteiger partial charge in [0.1, 0.15) is 5.56 Å². The number of nitrogens with zero attached hydrogens (tertiary/aromatic N) is 3. The van der Waals surface area contributed by atoms with E-state index in [1.807, 2.05) is 25.7 Å². The lowest BCUT2D eigenvalue weighted by atomic mass is 10.2. The van der Waals surface area contributed by atoms with E-state index in [0.29, 0.717) is 24.8 Å². The van der Waals surface area contributed by atoms with E-state index in [-0.39, 0.29) is 5.97 Å². The monoisotopic (exact) mass is 299 g/mol. The van der Waals surface area contributed by atoms with Gasteiger partial charge in [0, 0.05) is 25.4 Å². The third-order valence-corrected chi connectivity index (χ3v) is 4.13. The third kappa shape index (κ3) is 4.24. The van der Waals surface area contributed by atoms with E-state index in [9.17, 15) is 4.79 Å². The van der Waals surface area contributed by atoms with Crippen LogP contribution in [-0.2, 0) is 18.3 Å². The molecule has 1 rings (SSSR count). The molecule has 1 aromatic heterocycles. The molecule has 5 nitrogen and oxygen atoms in total. The summed E-state index contributed by atoms with van der Waals surface area (Å²) in [5, 5.41) is 4.19. The standard InChI is InChI=1S/C14H25N3O2S/c1-6-11(10-20-5)16(3)9-13-12(8-15-17(13)4)14(18)19-7-2/h8,11H,6-7,9-10H2,1-5H3. The molecule has 0 fully saturated rings. The van der Waals surface area contributed by atoms with Crippen LogP contribution < -0.4 is 0 Å². The van der Waals surface area contributed by atoms with Crippen LogP contribution >= 0.6 is 11.8 Å². The summed E-state index contributed by atoms with van der Waals surface area (Å²) in [6.45, 7) is 5.08. The van der Waals surface area contributed by atoms with Crippen LogP contribution in [0.1, 0.15) is 36.3 Å². The molecular formula is C14H25N3O2S. The lowest BCUT2D eigenvalue weighted by Gasteiger charge is -2.26. The highest BCUT2D eigenvalue weighted by molar-refractivity contribution is 7.98. The molecule has 20 heavy (non-hydrogen) atoms. The van der Waals surface area contributed by atoms with Crippen LogP contribution in [0.3, 0.4) is 0 Å². The Labute approximate surface area is 125 Å². The smallest absolute Gasteiger partial charge is 0.341 e. The molecule has 1 heterocycles. The summed E-state index contributed by atoms with van der Waals surface area (Å²) in [6.07, 6.45) is 4.80.